The quantitative estimate of drug-likeness (QED) is 0.628. The van der Waals surface area contributed by atoms with Crippen molar-refractivity contribution in [2.45, 2.75) is 38.6 Å². The third kappa shape index (κ3) is 3.02. The smallest absolute Gasteiger partial charge is 0.312 e. The molecule has 18 heavy (non-hydrogen) atoms. The molecule has 5 nitrogen and oxygen atoms in total. The lowest BCUT2D eigenvalue weighted by Crippen LogP contribution is -2.53. The van der Waals surface area contributed by atoms with Gasteiger partial charge in [-0.05, 0) is 19.8 Å². The molecule has 1 N–H and O–H groups in total. The molecular weight excluding hydrogens is 230 g/mol. The molecule has 1 atom stereocenters. The van der Waals surface area contributed by atoms with Crippen LogP contribution in [0.5, 0.6) is 0 Å². The van der Waals surface area contributed by atoms with Gasteiger partial charge in [0.05, 0.1) is 0 Å². The van der Waals surface area contributed by atoms with Gasteiger partial charge in [-0.1, -0.05) is 12.8 Å². The topological polar surface area (TPSA) is 52.7 Å². The standard InChI is InChI=1S/C13H23N3O2/c1-11-5-3-2-4-8-16(11)13(18)12(17)15-9-6-14-7-10-15/h11,14H,2-10H2,1H3. The highest BCUT2D eigenvalue weighted by molar-refractivity contribution is 6.35. The monoisotopic (exact) mass is 253 g/mol. The van der Waals surface area contributed by atoms with Crippen LogP contribution in [0.25, 0.3) is 0 Å². The second kappa shape index (κ2) is 6.18. The summed E-state index contributed by atoms with van der Waals surface area (Å²) in [5, 5.41) is 3.19. The zero-order valence-corrected chi connectivity index (χ0v) is 11.2. The largest absolute Gasteiger partial charge is 0.332 e. The van der Waals surface area contributed by atoms with Gasteiger partial charge in [0.2, 0.25) is 0 Å². The van der Waals surface area contributed by atoms with E-state index in [2.05, 4.69) is 5.32 Å². The Morgan fingerprint density at radius 1 is 1.00 bits per heavy atom. The van der Waals surface area contributed by atoms with E-state index in [0.717, 1.165) is 45.3 Å². The first kappa shape index (κ1) is 13.3. The summed E-state index contributed by atoms with van der Waals surface area (Å²) in [7, 11) is 0. The number of piperazine rings is 1. The minimum atomic E-state index is -0.315. The Kier molecular flexibility index (Phi) is 4.58. The average molecular weight is 253 g/mol. The van der Waals surface area contributed by atoms with E-state index in [1.165, 1.54) is 0 Å². The van der Waals surface area contributed by atoms with Crippen LogP contribution in [-0.2, 0) is 9.59 Å². The Morgan fingerprint density at radius 3 is 2.44 bits per heavy atom. The first-order valence-corrected chi connectivity index (χ1v) is 7.01. The molecule has 0 bridgehead atoms. The summed E-state index contributed by atoms with van der Waals surface area (Å²) in [6.07, 6.45) is 4.36. The van der Waals surface area contributed by atoms with Crippen LogP contribution in [0.15, 0.2) is 0 Å². The summed E-state index contributed by atoms with van der Waals surface area (Å²) in [6, 6.07) is 0.201. The molecule has 0 saturated carbocycles. The SMILES string of the molecule is CC1CCCCCN1C(=O)C(=O)N1CCNCC1. The number of likely N-dealkylation sites (tertiary alicyclic amines) is 1. The molecule has 0 aliphatic carbocycles. The zero-order chi connectivity index (χ0) is 13.0. The summed E-state index contributed by atoms with van der Waals surface area (Å²) in [4.78, 5) is 27.9. The molecule has 0 spiro atoms. The van der Waals surface area contributed by atoms with E-state index in [0.29, 0.717) is 13.1 Å². The molecule has 102 valence electrons. The molecule has 1 unspecified atom stereocenters. The molecule has 5 heteroatoms. The van der Waals surface area contributed by atoms with Gasteiger partial charge in [0.1, 0.15) is 0 Å². The molecule has 0 aromatic rings. The van der Waals surface area contributed by atoms with Gasteiger partial charge in [-0.2, -0.15) is 0 Å². The maximum Gasteiger partial charge on any atom is 0.312 e. The summed E-state index contributed by atoms with van der Waals surface area (Å²) in [6.45, 7) is 5.65. The molecule has 2 aliphatic heterocycles. The summed E-state index contributed by atoms with van der Waals surface area (Å²) in [5.41, 5.74) is 0. The molecular formula is C13H23N3O2. The summed E-state index contributed by atoms with van der Waals surface area (Å²) in [5.74, 6) is -0.614. The second-order valence-electron chi connectivity index (χ2n) is 5.24. The normalized spacial score (nSPS) is 25.7. The fourth-order valence-corrected chi connectivity index (χ4v) is 2.70. The van der Waals surface area contributed by atoms with E-state index < -0.39 is 0 Å². The van der Waals surface area contributed by atoms with Gasteiger partial charge in [-0.3, -0.25) is 9.59 Å². The van der Waals surface area contributed by atoms with Crippen LogP contribution in [0.2, 0.25) is 0 Å². The minimum Gasteiger partial charge on any atom is -0.332 e. The Hall–Kier alpha value is -1.10. The van der Waals surface area contributed by atoms with Crippen molar-refractivity contribution in [3.63, 3.8) is 0 Å². The molecule has 2 amide bonds. The highest BCUT2D eigenvalue weighted by Crippen LogP contribution is 2.17. The average Bonchev–Trinajstić information content (AvgIpc) is 2.63. The van der Waals surface area contributed by atoms with E-state index >= 15 is 0 Å². The van der Waals surface area contributed by atoms with Gasteiger partial charge in [0.25, 0.3) is 0 Å². The van der Waals surface area contributed by atoms with Crippen molar-refractivity contribution in [1.29, 1.82) is 0 Å². The second-order valence-corrected chi connectivity index (χ2v) is 5.24. The zero-order valence-electron chi connectivity index (χ0n) is 11.2. The molecule has 2 aliphatic rings. The first-order chi connectivity index (χ1) is 8.70. The molecule has 0 radical (unpaired) electrons. The van der Waals surface area contributed by atoms with Gasteiger partial charge in [-0.25, -0.2) is 0 Å². The van der Waals surface area contributed by atoms with E-state index in [4.69, 9.17) is 0 Å². The number of nitrogens with one attached hydrogen (secondary N) is 1. The molecule has 2 saturated heterocycles. The Morgan fingerprint density at radius 2 is 1.72 bits per heavy atom. The third-order valence-corrected chi connectivity index (χ3v) is 3.90. The fraction of sp³-hybridized carbons (Fsp3) is 0.846. The van der Waals surface area contributed by atoms with Crippen molar-refractivity contribution in [1.82, 2.24) is 15.1 Å². The predicted molar refractivity (Wildman–Crippen MR) is 69.1 cm³/mol. The van der Waals surface area contributed by atoms with Crippen LogP contribution in [0, 0.1) is 0 Å². The highest BCUT2D eigenvalue weighted by Gasteiger charge is 2.30. The van der Waals surface area contributed by atoms with Crippen LogP contribution in [-0.4, -0.2) is 60.4 Å². The van der Waals surface area contributed by atoms with Crippen molar-refractivity contribution in [2.75, 3.05) is 32.7 Å². The van der Waals surface area contributed by atoms with Gasteiger partial charge in [0.15, 0.2) is 0 Å². The van der Waals surface area contributed by atoms with Crippen LogP contribution < -0.4 is 5.32 Å². The van der Waals surface area contributed by atoms with Crippen LogP contribution in [0.3, 0.4) is 0 Å². The minimum absolute atomic E-state index is 0.201. The summed E-state index contributed by atoms with van der Waals surface area (Å²) < 4.78 is 0. The van der Waals surface area contributed by atoms with Gasteiger partial charge in [0, 0.05) is 38.8 Å². The van der Waals surface area contributed by atoms with Gasteiger partial charge < -0.3 is 15.1 Å². The number of rotatable bonds is 0. The van der Waals surface area contributed by atoms with E-state index in [1.807, 2.05) is 6.92 Å². The predicted octanol–water partition coefficient (Wildman–Crippen LogP) is 0.209. The molecule has 0 aromatic carbocycles. The summed E-state index contributed by atoms with van der Waals surface area (Å²) >= 11 is 0. The molecule has 2 heterocycles. The van der Waals surface area contributed by atoms with Crippen LogP contribution >= 0.6 is 0 Å². The van der Waals surface area contributed by atoms with Crippen molar-refractivity contribution >= 4 is 11.8 Å². The Bertz CT molecular complexity index is 313. The maximum absolute atomic E-state index is 12.3. The fourth-order valence-electron chi connectivity index (χ4n) is 2.70. The Balaban J connectivity index is 1.97. The van der Waals surface area contributed by atoms with Crippen LogP contribution in [0.4, 0.5) is 0 Å². The first-order valence-electron chi connectivity index (χ1n) is 7.01. The molecule has 2 fully saturated rings. The Labute approximate surface area is 108 Å². The lowest BCUT2D eigenvalue weighted by molar-refractivity contribution is -0.153. The molecule has 2 rings (SSSR count). The lowest BCUT2D eigenvalue weighted by atomic mass is 10.1. The van der Waals surface area contributed by atoms with Crippen molar-refractivity contribution in [3.8, 4) is 0 Å². The van der Waals surface area contributed by atoms with E-state index in [9.17, 15) is 9.59 Å². The highest BCUT2D eigenvalue weighted by atomic mass is 16.2. The molecule has 0 aromatic heterocycles. The van der Waals surface area contributed by atoms with Crippen molar-refractivity contribution in [3.05, 3.63) is 0 Å². The number of hydrogen-bond donors (Lipinski definition) is 1. The van der Waals surface area contributed by atoms with Crippen LogP contribution in [0.1, 0.15) is 32.6 Å². The van der Waals surface area contributed by atoms with Gasteiger partial charge >= 0.3 is 11.8 Å². The lowest BCUT2D eigenvalue weighted by Gasteiger charge is -2.31. The number of carbonyl (C=O) groups excluding carboxylic acids is 2. The number of carbonyl (C=O) groups is 2. The van der Waals surface area contributed by atoms with Crippen molar-refractivity contribution in [2.24, 2.45) is 0 Å². The number of amides is 2. The number of nitrogens with zero attached hydrogens (tertiary/aromatic N) is 2. The van der Waals surface area contributed by atoms with Crippen molar-refractivity contribution < 1.29 is 9.59 Å². The van der Waals surface area contributed by atoms with E-state index in [-0.39, 0.29) is 17.9 Å². The maximum atomic E-state index is 12.3. The third-order valence-electron chi connectivity index (χ3n) is 3.90. The van der Waals surface area contributed by atoms with E-state index in [1.54, 1.807) is 9.80 Å². The van der Waals surface area contributed by atoms with Gasteiger partial charge in [-0.15, -0.1) is 0 Å². The number of hydrogen-bond acceptors (Lipinski definition) is 3.